The van der Waals surface area contributed by atoms with Crippen LogP contribution in [0.3, 0.4) is 0 Å². The Kier molecular flexibility index (Phi) is 9.99. The third-order valence-electron chi connectivity index (χ3n) is 5.70. The number of aromatic nitrogens is 3. The Morgan fingerprint density at radius 3 is 2.74 bits per heavy atom. The lowest BCUT2D eigenvalue weighted by Gasteiger charge is -2.19. The summed E-state index contributed by atoms with van der Waals surface area (Å²) < 4.78 is 11.7. The number of nitrogens with one attached hydrogen (secondary N) is 3. The first-order chi connectivity index (χ1) is 16.2. The van der Waals surface area contributed by atoms with E-state index < -0.39 is 0 Å². The molecule has 2 aromatic carbocycles. The predicted molar refractivity (Wildman–Crippen MR) is 145 cm³/mol. The van der Waals surface area contributed by atoms with Crippen LogP contribution in [0.1, 0.15) is 43.7 Å². The van der Waals surface area contributed by atoms with Gasteiger partial charge in [0.2, 0.25) is 0 Å². The number of nitrogens with zero attached hydrogens (tertiary/aromatic N) is 3. The summed E-state index contributed by atoms with van der Waals surface area (Å²) >= 11 is 0. The molecule has 8 nitrogen and oxygen atoms in total. The molecule has 182 valence electrons. The van der Waals surface area contributed by atoms with Crippen molar-refractivity contribution in [2.24, 2.45) is 4.99 Å². The van der Waals surface area contributed by atoms with Gasteiger partial charge in [-0.25, -0.2) is 9.98 Å². The maximum Gasteiger partial charge on any atom is 0.191 e. The first-order valence-electron chi connectivity index (χ1n) is 11.6. The second kappa shape index (κ2) is 13.2. The fourth-order valence-electron chi connectivity index (χ4n) is 3.96. The van der Waals surface area contributed by atoms with Crippen molar-refractivity contribution in [2.75, 3.05) is 13.7 Å². The summed E-state index contributed by atoms with van der Waals surface area (Å²) in [4.78, 5) is 8.99. The van der Waals surface area contributed by atoms with E-state index in [0.717, 1.165) is 59.4 Å². The number of halogens is 1. The third kappa shape index (κ3) is 7.09. The molecule has 0 spiro atoms. The molecular weight excluding hydrogens is 543 g/mol. The Hall–Kier alpha value is -2.82. The number of ether oxygens (including phenoxy) is 2. The summed E-state index contributed by atoms with van der Waals surface area (Å²) in [5.41, 5.74) is 3.17. The van der Waals surface area contributed by atoms with Crippen LogP contribution in [0.2, 0.25) is 0 Å². The molecule has 3 N–H and O–H groups in total. The van der Waals surface area contributed by atoms with E-state index in [1.807, 2.05) is 24.3 Å². The van der Waals surface area contributed by atoms with Gasteiger partial charge in [-0.15, -0.1) is 24.0 Å². The molecule has 1 fully saturated rings. The lowest BCUT2D eigenvalue weighted by atomic mass is 10.1. The van der Waals surface area contributed by atoms with Gasteiger partial charge in [-0.05, 0) is 56.4 Å². The van der Waals surface area contributed by atoms with Crippen molar-refractivity contribution in [2.45, 2.75) is 51.8 Å². The second-order valence-electron chi connectivity index (χ2n) is 8.08. The Bertz CT molecular complexity index is 1050. The van der Waals surface area contributed by atoms with Crippen LogP contribution >= 0.6 is 24.0 Å². The zero-order valence-corrected chi connectivity index (χ0v) is 22.0. The van der Waals surface area contributed by atoms with Gasteiger partial charge >= 0.3 is 0 Å². The van der Waals surface area contributed by atoms with Crippen LogP contribution in [0.15, 0.2) is 53.8 Å². The van der Waals surface area contributed by atoms with Crippen molar-refractivity contribution >= 4 is 29.9 Å². The minimum atomic E-state index is 0. The van der Waals surface area contributed by atoms with Gasteiger partial charge in [0.15, 0.2) is 11.8 Å². The number of benzene rings is 2. The molecule has 0 aliphatic heterocycles. The summed E-state index contributed by atoms with van der Waals surface area (Å²) in [5, 5.41) is 13.6. The number of rotatable bonds is 9. The molecule has 1 aliphatic rings. The van der Waals surface area contributed by atoms with Crippen LogP contribution < -0.4 is 20.1 Å². The number of hydrogen-bond acceptors (Lipinski definition) is 5. The first-order valence-corrected chi connectivity index (χ1v) is 11.6. The molecule has 34 heavy (non-hydrogen) atoms. The topological polar surface area (TPSA) is 96.5 Å². The number of aromatic amines is 1. The number of aliphatic imine (C=N–C) groups is 1. The van der Waals surface area contributed by atoms with Crippen molar-refractivity contribution in [3.8, 4) is 22.9 Å². The molecule has 0 saturated heterocycles. The van der Waals surface area contributed by atoms with Gasteiger partial charge in [-0.2, -0.15) is 5.10 Å². The summed E-state index contributed by atoms with van der Waals surface area (Å²) in [7, 11) is 1.68. The predicted octanol–water partition coefficient (Wildman–Crippen LogP) is 4.68. The van der Waals surface area contributed by atoms with Crippen LogP contribution in [0, 0.1) is 0 Å². The van der Waals surface area contributed by atoms with Crippen LogP contribution in [-0.4, -0.2) is 40.9 Å². The van der Waals surface area contributed by atoms with Gasteiger partial charge in [0.1, 0.15) is 17.8 Å². The van der Waals surface area contributed by atoms with E-state index in [9.17, 15) is 0 Å². The number of H-pyrrole nitrogens is 1. The molecule has 3 aromatic rings. The molecule has 0 amide bonds. The van der Waals surface area contributed by atoms with E-state index in [4.69, 9.17) is 14.5 Å². The summed E-state index contributed by atoms with van der Waals surface area (Å²) in [6, 6.07) is 14.2. The van der Waals surface area contributed by atoms with E-state index in [1.54, 1.807) is 7.11 Å². The molecule has 1 heterocycles. The second-order valence-corrected chi connectivity index (χ2v) is 8.08. The minimum absolute atomic E-state index is 0. The Morgan fingerprint density at radius 1 is 1.15 bits per heavy atom. The molecule has 1 aromatic heterocycles. The van der Waals surface area contributed by atoms with E-state index >= 15 is 0 Å². The zero-order chi connectivity index (χ0) is 22.9. The molecule has 1 saturated carbocycles. The van der Waals surface area contributed by atoms with E-state index in [-0.39, 0.29) is 30.1 Å². The van der Waals surface area contributed by atoms with Gasteiger partial charge in [0, 0.05) is 30.3 Å². The van der Waals surface area contributed by atoms with Gasteiger partial charge in [-0.3, -0.25) is 5.10 Å². The average molecular weight is 576 g/mol. The highest BCUT2D eigenvalue weighted by molar-refractivity contribution is 14.0. The molecule has 0 atom stereocenters. The Labute approximate surface area is 218 Å². The van der Waals surface area contributed by atoms with E-state index in [2.05, 4.69) is 50.9 Å². The van der Waals surface area contributed by atoms with Crippen molar-refractivity contribution < 1.29 is 9.47 Å². The standard InChI is InChI=1S/C25H32N6O2.HI/c1-3-26-25(27-15-18-7-6-8-19(13-18)24-29-17-30-31-24)28-16-20-11-12-22(32-2)14-23(20)33-21-9-4-5-10-21;/h6-8,11-14,17,21H,3-5,9-10,15-16H2,1-2H3,(H2,26,27,28)(H,29,30,31);1H. The molecule has 4 rings (SSSR count). The normalized spacial score (nSPS) is 13.9. The van der Waals surface area contributed by atoms with E-state index in [1.165, 1.54) is 19.2 Å². The van der Waals surface area contributed by atoms with Crippen LogP contribution in [0.4, 0.5) is 0 Å². The van der Waals surface area contributed by atoms with Crippen molar-refractivity contribution in [3.63, 3.8) is 0 Å². The van der Waals surface area contributed by atoms with Gasteiger partial charge < -0.3 is 20.1 Å². The van der Waals surface area contributed by atoms with Crippen LogP contribution in [0.5, 0.6) is 11.5 Å². The maximum absolute atomic E-state index is 6.32. The van der Waals surface area contributed by atoms with Crippen molar-refractivity contribution in [1.82, 2.24) is 25.8 Å². The van der Waals surface area contributed by atoms with Gasteiger partial charge in [0.25, 0.3) is 0 Å². The van der Waals surface area contributed by atoms with E-state index in [0.29, 0.717) is 13.1 Å². The molecule has 1 aliphatic carbocycles. The smallest absolute Gasteiger partial charge is 0.191 e. The maximum atomic E-state index is 6.32. The third-order valence-corrected chi connectivity index (χ3v) is 5.70. The van der Waals surface area contributed by atoms with Crippen LogP contribution in [-0.2, 0) is 13.1 Å². The lowest BCUT2D eigenvalue weighted by Crippen LogP contribution is -2.37. The van der Waals surface area contributed by atoms with Gasteiger partial charge in [0.05, 0.1) is 19.8 Å². The molecule has 0 bridgehead atoms. The summed E-state index contributed by atoms with van der Waals surface area (Å²) in [5.74, 6) is 3.19. The fraction of sp³-hybridized carbons (Fsp3) is 0.400. The molecule has 9 heteroatoms. The summed E-state index contributed by atoms with van der Waals surface area (Å²) in [6.07, 6.45) is 6.49. The SMILES string of the molecule is CCNC(=NCc1cccc(-c2ncn[nH]2)c1)NCc1ccc(OC)cc1OC1CCCC1.I. The van der Waals surface area contributed by atoms with Crippen molar-refractivity contribution in [3.05, 3.63) is 59.9 Å². The Morgan fingerprint density at radius 2 is 2.00 bits per heavy atom. The largest absolute Gasteiger partial charge is 0.497 e. The zero-order valence-electron chi connectivity index (χ0n) is 19.7. The Balaban J connectivity index is 0.00000324. The van der Waals surface area contributed by atoms with Gasteiger partial charge in [-0.1, -0.05) is 18.2 Å². The highest BCUT2D eigenvalue weighted by atomic mass is 127. The monoisotopic (exact) mass is 576 g/mol. The quantitative estimate of drug-likeness (QED) is 0.195. The molecular formula is C25H33IN6O2. The molecule has 0 unspecified atom stereocenters. The van der Waals surface area contributed by atoms with Crippen LogP contribution in [0.25, 0.3) is 11.4 Å². The lowest BCUT2D eigenvalue weighted by molar-refractivity contribution is 0.207. The highest BCUT2D eigenvalue weighted by Gasteiger charge is 2.18. The average Bonchev–Trinajstić information content (AvgIpc) is 3.56. The minimum Gasteiger partial charge on any atom is -0.497 e. The fourth-order valence-corrected chi connectivity index (χ4v) is 3.96. The number of guanidine groups is 1. The molecule has 0 radical (unpaired) electrons. The number of methoxy groups -OCH3 is 1. The first kappa shape index (κ1) is 25.8. The number of hydrogen-bond donors (Lipinski definition) is 3. The van der Waals surface area contributed by atoms with Crippen molar-refractivity contribution in [1.29, 1.82) is 0 Å². The summed E-state index contributed by atoms with van der Waals surface area (Å²) in [6.45, 7) is 3.99. The highest BCUT2D eigenvalue weighted by Crippen LogP contribution is 2.30.